The van der Waals surface area contributed by atoms with Gasteiger partial charge in [0.25, 0.3) is 0 Å². The molecule has 0 aliphatic rings. The molecule has 0 radical (unpaired) electrons. The summed E-state index contributed by atoms with van der Waals surface area (Å²) in [5.41, 5.74) is 2.19. The summed E-state index contributed by atoms with van der Waals surface area (Å²) in [6, 6.07) is 11.6. The number of hydrogen-bond acceptors (Lipinski definition) is 5. The lowest BCUT2D eigenvalue weighted by atomic mass is 10.2. The van der Waals surface area contributed by atoms with Gasteiger partial charge in [0, 0.05) is 18.3 Å². The first-order chi connectivity index (χ1) is 13.1. The maximum atomic E-state index is 12.5. The predicted molar refractivity (Wildman–Crippen MR) is 109 cm³/mol. The molecule has 2 rings (SSSR count). The van der Waals surface area contributed by atoms with E-state index in [4.69, 9.17) is 4.74 Å². The zero-order chi connectivity index (χ0) is 20.9. The van der Waals surface area contributed by atoms with E-state index in [2.05, 4.69) is 10.6 Å². The second-order valence-electron chi connectivity index (χ2n) is 6.25. The largest absolute Gasteiger partial charge is 0.495 e. The van der Waals surface area contributed by atoms with Crippen LogP contribution in [0.1, 0.15) is 12.5 Å². The highest BCUT2D eigenvalue weighted by Crippen LogP contribution is 2.31. The molecule has 28 heavy (non-hydrogen) atoms. The van der Waals surface area contributed by atoms with Crippen LogP contribution >= 0.6 is 0 Å². The standard InChI is InChI=1S/C19H23N3O5S/c1-13-5-10-18(27-3)17(11-13)22(28(4,25)26)12-19(24)21-16-8-6-15(7-9-16)20-14(2)23/h5-11H,12H2,1-4H3,(H,20,23)(H,21,24). The minimum Gasteiger partial charge on any atom is -0.495 e. The molecule has 8 nitrogen and oxygen atoms in total. The predicted octanol–water partition coefficient (Wildman–Crippen LogP) is 2.37. The number of carbonyl (C=O) groups is 2. The number of ether oxygens (including phenoxy) is 1. The highest BCUT2D eigenvalue weighted by molar-refractivity contribution is 7.92. The Balaban J connectivity index is 2.21. The smallest absolute Gasteiger partial charge is 0.245 e. The van der Waals surface area contributed by atoms with Gasteiger partial charge in [-0.1, -0.05) is 6.07 Å². The van der Waals surface area contributed by atoms with E-state index in [1.54, 1.807) is 42.5 Å². The fourth-order valence-electron chi connectivity index (χ4n) is 2.55. The van der Waals surface area contributed by atoms with E-state index >= 15 is 0 Å². The highest BCUT2D eigenvalue weighted by Gasteiger charge is 2.24. The molecule has 0 saturated heterocycles. The summed E-state index contributed by atoms with van der Waals surface area (Å²) in [7, 11) is -2.29. The normalized spacial score (nSPS) is 10.9. The Kier molecular flexibility index (Phi) is 6.63. The zero-order valence-corrected chi connectivity index (χ0v) is 17.0. The Hall–Kier alpha value is -3.07. The number of benzene rings is 2. The molecular weight excluding hydrogens is 382 g/mol. The molecule has 150 valence electrons. The Morgan fingerprint density at radius 1 is 1.04 bits per heavy atom. The highest BCUT2D eigenvalue weighted by atomic mass is 32.2. The molecular formula is C19H23N3O5S. The molecule has 0 fully saturated rings. The van der Waals surface area contributed by atoms with Crippen LogP contribution in [0, 0.1) is 6.92 Å². The number of nitrogens with one attached hydrogen (secondary N) is 2. The van der Waals surface area contributed by atoms with Gasteiger partial charge in [0.2, 0.25) is 21.8 Å². The van der Waals surface area contributed by atoms with Gasteiger partial charge in [0.05, 0.1) is 19.1 Å². The molecule has 0 aromatic heterocycles. The molecule has 0 unspecified atom stereocenters. The van der Waals surface area contributed by atoms with Crippen molar-refractivity contribution in [2.75, 3.05) is 34.8 Å². The van der Waals surface area contributed by atoms with Crippen molar-refractivity contribution in [3.05, 3.63) is 48.0 Å². The van der Waals surface area contributed by atoms with Crippen molar-refractivity contribution in [1.29, 1.82) is 0 Å². The van der Waals surface area contributed by atoms with Crippen molar-refractivity contribution in [3.8, 4) is 5.75 Å². The first-order valence-corrected chi connectivity index (χ1v) is 10.2. The van der Waals surface area contributed by atoms with Crippen LogP contribution in [0.3, 0.4) is 0 Å². The van der Waals surface area contributed by atoms with Gasteiger partial charge < -0.3 is 15.4 Å². The summed E-state index contributed by atoms with van der Waals surface area (Å²) in [6.07, 6.45) is 1.03. The summed E-state index contributed by atoms with van der Waals surface area (Å²) in [5, 5.41) is 5.27. The van der Waals surface area contributed by atoms with E-state index in [1.165, 1.54) is 14.0 Å². The van der Waals surface area contributed by atoms with Crippen LogP contribution in [0.15, 0.2) is 42.5 Å². The second-order valence-corrected chi connectivity index (χ2v) is 8.16. The van der Waals surface area contributed by atoms with Crippen molar-refractivity contribution in [2.45, 2.75) is 13.8 Å². The molecule has 0 aliphatic carbocycles. The first-order valence-electron chi connectivity index (χ1n) is 8.40. The Labute approximate surface area is 164 Å². The maximum Gasteiger partial charge on any atom is 0.245 e. The van der Waals surface area contributed by atoms with Gasteiger partial charge in [-0.2, -0.15) is 0 Å². The number of anilines is 3. The molecule has 0 atom stereocenters. The molecule has 0 aliphatic heterocycles. The molecule has 9 heteroatoms. The van der Waals surface area contributed by atoms with E-state index in [0.29, 0.717) is 22.8 Å². The number of rotatable bonds is 7. The lowest BCUT2D eigenvalue weighted by Crippen LogP contribution is -2.37. The van der Waals surface area contributed by atoms with Crippen molar-refractivity contribution < 1.29 is 22.7 Å². The van der Waals surface area contributed by atoms with E-state index in [9.17, 15) is 18.0 Å². The van der Waals surface area contributed by atoms with Crippen LogP contribution in [-0.2, 0) is 19.6 Å². The van der Waals surface area contributed by atoms with Gasteiger partial charge in [-0.3, -0.25) is 13.9 Å². The number of amides is 2. The van der Waals surface area contributed by atoms with Crippen molar-refractivity contribution in [1.82, 2.24) is 0 Å². The third-order valence-electron chi connectivity index (χ3n) is 3.78. The monoisotopic (exact) mass is 405 g/mol. The Bertz CT molecular complexity index is 972. The lowest BCUT2D eigenvalue weighted by Gasteiger charge is -2.24. The average Bonchev–Trinajstić information content (AvgIpc) is 2.60. The number of carbonyl (C=O) groups excluding carboxylic acids is 2. The minimum absolute atomic E-state index is 0.201. The van der Waals surface area contributed by atoms with Crippen LogP contribution in [-0.4, -0.2) is 40.1 Å². The SMILES string of the molecule is COc1ccc(C)cc1N(CC(=O)Nc1ccc(NC(C)=O)cc1)S(C)(=O)=O. The van der Waals surface area contributed by atoms with Crippen LogP contribution in [0.5, 0.6) is 5.75 Å². The van der Waals surface area contributed by atoms with Crippen LogP contribution in [0.2, 0.25) is 0 Å². The summed E-state index contributed by atoms with van der Waals surface area (Å²) < 4.78 is 30.8. The average molecular weight is 405 g/mol. The van der Waals surface area contributed by atoms with Gasteiger partial charge in [0.1, 0.15) is 12.3 Å². The third kappa shape index (κ3) is 5.71. The van der Waals surface area contributed by atoms with Crippen molar-refractivity contribution in [2.24, 2.45) is 0 Å². The van der Waals surface area contributed by atoms with E-state index in [-0.39, 0.29) is 5.91 Å². The number of nitrogens with zero attached hydrogens (tertiary/aromatic N) is 1. The van der Waals surface area contributed by atoms with Crippen molar-refractivity contribution >= 4 is 38.9 Å². The van der Waals surface area contributed by atoms with E-state index < -0.39 is 22.5 Å². The summed E-state index contributed by atoms with van der Waals surface area (Å²) in [6.45, 7) is 2.81. The third-order valence-corrected chi connectivity index (χ3v) is 4.91. The molecule has 0 spiro atoms. The molecule has 0 saturated carbocycles. The van der Waals surface area contributed by atoms with Gasteiger partial charge in [-0.05, 0) is 48.9 Å². The van der Waals surface area contributed by atoms with Crippen molar-refractivity contribution in [3.63, 3.8) is 0 Å². The van der Waals surface area contributed by atoms with Crippen LogP contribution < -0.4 is 19.7 Å². The zero-order valence-electron chi connectivity index (χ0n) is 16.1. The van der Waals surface area contributed by atoms with Gasteiger partial charge in [-0.25, -0.2) is 8.42 Å². The summed E-state index contributed by atoms with van der Waals surface area (Å²) in [4.78, 5) is 23.5. The van der Waals surface area contributed by atoms with Gasteiger partial charge in [-0.15, -0.1) is 0 Å². The second kappa shape index (κ2) is 8.75. The summed E-state index contributed by atoms with van der Waals surface area (Å²) >= 11 is 0. The maximum absolute atomic E-state index is 12.5. The molecule has 2 N–H and O–H groups in total. The minimum atomic E-state index is -3.73. The van der Waals surface area contributed by atoms with Gasteiger partial charge in [0.15, 0.2) is 0 Å². The topological polar surface area (TPSA) is 105 Å². The molecule has 0 heterocycles. The number of sulfonamides is 1. The molecule has 2 aromatic carbocycles. The molecule has 2 aromatic rings. The van der Waals surface area contributed by atoms with Gasteiger partial charge >= 0.3 is 0 Å². The Morgan fingerprint density at radius 3 is 2.11 bits per heavy atom. The Morgan fingerprint density at radius 2 is 1.61 bits per heavy atom. The quantitative estimate of drug-likeness (QED) is 0.736. The fourth-order valence-corrected chi connectivity index (χ4v) is 3.40. The van der Waals surface area contributed by atoms with Crippen LogP contribution in [0.25, 0.3) is 0 Å². The lowest BCUT2D eigenvalue weighted by molar-refractivity contribution is -0.115. The van der Waals surface area contributed by atoms with Crippen LogP contribution in [0.4, 0.5) is 17.1 Å². The number of aryl methyl sites for hydroxylation is 1. The first kappa shape index (κ1) is 21.2. The van der Waals surface area contributed by atoms with E-state index in [1.807, 2.05) is 6.92 Å². The number of hydrogen-bond donors (Lipinski definition) is 2. The number of methoxy groups -OCH3 is 1. The molecule has 2 amide bonds. The summed E-state index contributed by atoms with van der Waals surface area (Å²) in [5.74, 6) is -0.363. The molecule has 0 bridgehead atoms. The van der Waals surface area contributed by atoms with E-state index in [0.717, 1.165) is 16.1 Å². The fraction of sp³-hybridized carbons (Fsp3) is 0.263.